The Bertz CT molecular complexity index is 913. The molecule has 7 heteroatoms. The minimum atomic E-state index is -0.390. The van der Waals surface area contributed by atoms with Gasteiger partial charge in [-0.25, -0.2) is 4.90 Å². The second kappa shape index (κ2) is 9.16. The van der Waals surface area contributed by atoms with E-state index in [-0.39, 0.29) is 18.2 Å². The lowest BCUT2D eigenvalue weighted by atomic mass is 10.1. The number of hydrogen-bond donors (Lipinski definition) is 0. The summed E-state index contributed by atoms with van der Waals surface area (Å²) in [6.07, 6.45) is 0.224. The molecule has 0 radical (unpaired) electrons. The molecule has 158 valence electrons. The number of nitrogens with zero attached hydrogens (tertiary/aromatic N) is 3. The van der Waals surface area contributed by atoms with Crippen LogP contribution in [-0.2, 0) is 9.59 Å². The van der Waals surface area contributed by atoms with E-state index in [1.165, 1.54) is 4.90 Å². The smallest absolute Gasteiger partial charge is 0.251 e. The molecule has 6 nitrogen and oxygen atoms in total. The van der Waals surface area contributed by atoms with Gasteiger partial charge in [0.25, 0.3) is 5.91 Å². The van der Waals surface area contributed by atoms with E-state index in [9.17, 15) is 9.59 Å². The van der Waals surface area contributed by atoms with Gasteiger partial charge in [0, 0.05) is 37.7 Å². The zero-order valence-electron chi connectivity index (χ0n) is 17.1. The third kappa shape index (κ3) is 4.36. The molecule has 0 aromatic heterocycles. The summed E-state index contributed by atoms with van der Waals surface area (Å²) in [5.74, 6) is 0.572. The molecule has 2 aliphatic heterocycles. The highest BCUT2D eigenvalue weighted by atomic mass is 35.5. The number of imide groups is 1. The third-order valence-electron chi connectivity index (χ3n) is 5.87. The summed E-state index contributed by atoms with van der Waals surface area (Å²) < 4.78 is 5.78. The van der Waals surface area contributed by atoms with Gasteiger partial charge < -0.3 is 4.74 Å². The molecule has 0 spiro atoms. The van der Waals surface area contributed by atoms with Crippen molar-refractivity contribution in [3.05, 3.63) is 59.1 Å². The van der Waals surface area contributed by atoms with Gasteiger partial charge in [-0.2, -0.15) is 0 Å². The summed E-state index contributed by atoms with van der Waals surface area (Å²) in [5, 5.41) is 0.558. The number of benzene rings is 2. The maximum absolute atomic E-state index is 13.1. The van der Waals surface area contributed by atoms with E-state index in [2.05, 4.69) is 9.80 Å². The molecule has 0 N–H and O–H groups in total. The largest absolute Gasteiger partial charge is 0.492 e. The number of rotatable bonds is 6. The van der Waals surface area contributed by atoms with Crippen LogP contribution < -0.4 is 9.64 Å². The highest BCUT2D eigenvalue weighted by Gasteiger charge is 2.43. The molecule has 0 unspecified atom stereocenters. The number of piperazine rings is 1. The van der Waals surface area contributed by atoms with Gasteiger partial charge in [-0.05, 0) is 36.8 Å². The molecule has 0 aliphatic carbocycles. The van der Waals surface area contributed by atoms with Crippen LogP contribution in [0.25, 0.3) is 0 Å². The number of carbonyl (C=O) groups excluding carboxylic acids is 2. The van der Waals surface area contributed by atoms with Crippen LogP contribution in [0.15, 0.2) is 48.5 Å². The van der Waals surface area contributed by atoms with Gasteiger partial charge >= 0.3 is 0 Å². The third-order valence-corrected chi connectivity index (χ3v) is 6.28. The molecular formula is C23H26ClN3O3. The highest BCUT2D eigenvalue weighted by molar-refractivity contribution is 6.32. The Labute approximate surface area is 182 Å². The van der Waals surface area contributed by atoms with E-state index in [0.717, 1.165) is 44.0 Å². The molecule has 2 amide bonds. The van der Waals surface area contributed by atoms with E-state index in [4.69, 9.17) is 16.3 Å². The van der Waals surface area contributed by atoms with Crippen molar-refractivity contribution in [2.75, 3.05) is 44.2 Å². The summed E-state index contributed by atoms with van der Waals surface area (Å²) in [6.45, 7) is 6.54. The van der Waals surface area contributed by atoms with Crippen molar-refractivity contribution in [1.82, 2.24) is 9.80 Å². The number of amides is 2. The average Bonchev–Trinajstić information content (AvgIpc) is 3.05. The molecule has 2 aromatic carbocycles. The Kier molecular flexibility index (Phi) is 6.37. The van der Waals surface area contributed by atoms with Gasteiger partial charge in [0.2, 0.25) is 5.91 Å². The Hall–Kier alpha value is -2.41. The number of carbonyl (C=O) groups is 2. The fraction of sp³-hybridized carbons (Fsp3) is 0.391. The quantitative estimate of drug-likeness (QED) is 0.663. The van der Waals surface area contributed by atoms with Crippen molar-refractivity contribution in [3.8, 4) is 5.75 Å². The zero-order chi connectivity index (χ0) is 21.1. The predicted octanol–water partition coefficient (Wildman–Crippen LogP) is 2.98. The molecule has 2 fully saturated rings. The topological polar surface area (TPSA) is 53.1 Å². The first-order valence-corrected chi connectivity index (χ1v) is 10.7. The normalized spacial score (nSPS) is 20.7. The van der Waals surface area contributed by atoms with Crippen LogP contribution in [0.4, 0.5) is 5.69 Å². The van der Waals surface area contributed by atoms with Crippen molar-refractivity contribution in [2.24, 2.45) is 0 Å². The van der Waals surface area contributed by atoms with Gasteiger partial charge in [-0.1, -0.05) is 35.9 Å². The van der Waals surface area contributed by atoms with E-state index in [1.54, 1.807) is 18.2 Å². The van der Waals surface area contributed by atoms with Gasteiger partial charge in [-0.15, -0.1) is 0 Å². The maximum atomic E-state index is 13.1. The van der Waals surface area contributed by atoms with Crippen LogP contribution >= 0.6 is 11.6 Å². The molecule has 2 aliphatic rings. The lowest BCUT2D eigenvalue weighted by Gasteiger charge is -2.36. The Morgan fingerprint density at radius 3 is 2.47 bits per heavy atom. The van der Waals surface area contributed by atoms with Gasteiger partial charge in [0.15, 0.2) is 0 Å². The first-order valence-electron chi connectivity index (χ1n) is 10.3. The van der Waals surface area contributed by atoms with Crippen LogP contribution in [0.2, 0.25) is 5.02 Å². The average molecular weight is 428 g/mol. The van der Waals surface area contributed by atoms with Crippen molar-refractivity contribution < 1.29 is 14.3 Å². The minimum Gasteiger partial charge on any atom is -0.492 e. The first-order chi connectivity index (χ1) is 14.5. The van der Waals surface area contributed by atoms with Gasteiger partial charge in [0.1, 0.15) is 12.4 Å². The molecule has 1 atom stereocenters. The molecule has 4 rings (SSSR count). The van der Waals surface area contributed by atoms with Crippen LogP contribution in [0.5, 0.6) is 5.75 Å². The predicted molar refractivity (Wildman–Crippen MR) is 117 cm³/mol. The Morgan fingerprint density at radius 2 is 1.73 bits per heavy atom. The summed E-state index contributed by atoms with van der Waals surface area (Å²) in [5.41, 5.74) is 1.35. The Balaban J connectivity index is 1.31. The van der Waals surface area contributed by atoms with E-state index in [0.29, 0.717) is 17.3 Å². The molecule has 30 heavy (non-hydrogen) atoms. The van der Waals surface area contributed by atoms with Gasteiger partial charge in [0.05, 0.1) is 18.2 Å². The van der Waals surface area contributed by atoms with Crippen LogP contribution in [0.3, 0.4) is 0 Å². The van der Waals surface area contributed by atoms with Crippen molar-refractivity contribution >= 4 is 29.1 Å². The first kappa shape index (κ1) is 20.8. The second-order valence-electron chi connectivity index (χ2n) is 7.71. The maximum Gasteiger partial charge on any atom is 0.251 e. The highest BCUT2D eigenvalue weighted by Crippen LogP contribution is 2.32. The summed E-state index contributed by atoms with van der Waals surface area (Å²) in [7, 11) is 0. The summed E-state index contributed by atoms with van der Waals surface area (Å²) in [4.78, 5) is 31.5. The molecule has 0 bridgehead atoms. The minimum absolute atomic E-state index is 0.147. The fourth-order valence-electron chi connectivity index (χ4n) is 4.10. The molecule has 0 saturated carbocycles. The number of ether oxygens (including phenoxy) is 1. The lowest BCUT2D eigenvalue weighted by molar-refractivity contribution is -0.123. The van der Waals surface area contributed by atoms with Crippen molar-refractivity contribution in [2.45, 2.75) is 19.4 Å². The molecule has 2 aromatic rings. The van der Waals surface area contributed by atoms with Crippen molar-refractivity contribution in [3.63, 3.8) is 0 Å². The van der Waals surface area contributed by atoms with Crippen molar-refractivity contribution in [1.29, 1.82) is 0 Å². The SMILES string of the molecule is Cc1c(Cl)cccc1N1C(=O)C[C@H](N2CCN(CCOc3ccccc3)CC2)C1=O. The molecule has 2 heterocycles. The van der Waals surface area contributed by atoms with Crippen LogP contribution in [0.1, 0.15) is 12.0 Å². The number of anilines is 1. The molecule has 2 saturated heterocycles. The van der Waals surface area contributed by atoms with Crippen LogP contribution in [-0.4, -0.2) is 67.0 Å². The summed E-state index contributed by atoms with van der Waals surface area (Å²) in [6, 6.07) is 14.7. The molecular weight excluding hydrogens is 402 g/mol. The van der Waals surface area contributed by atoms with E-state index < -0.39 is 6.04 Å². The van der Waals surface area contributed by atoms with Gasteiger partial charge in [-0.3, -0.25) is 19.4 Å². The standard InChI is InChI=1S/C23H26ClN3O3/c1-17-19(24)8-5-9-20(17)27-22(28)16-21(23(27)29)26-12-10-25(11-13-26)14-15-30-18-6-3-2-4-7-18/h2-9,21H,10-16H2,1H3/t21-/m0/s1. The number of hydrogen-bond acceptors (Lipinski definition) is 5. The fourth-order valence-corrected chi connectivity index (χ4v) is 4.27. The van der Waals surface area contributed by atoms with Crippen LogP contribution in [0, 0.1) is 6.92 Å². The lowest BCUT2D eigenvalue weighted by Crippen LogP contribution is -2.53. The second-order valence-corrected chi connectivity index (χ2v) is 8.12. The van der Waals surface area contributed by atoms with E-state index >= 15 is 0 Å². The number of para-hydroxylation sites is 1. The summed E-state index contributed by atoms with van der Waals surface area (Å²) >= 11 is 6.19. The zero-order valence-corrected chi connectivity index (χ0v) is 17.8. The number of halogens is 1. The Morgan fingerprint density at radius 1 is 1.00 bits per heavy atom. The monoisotopic (exact) mass is 427 g/mol. The van der Waals surface area contributed by atoms with E-state index in [1.807, 2.05) is 37.3 Å².